The zero-order valence-electron chi connectivity index (χ0n) is 7.75. The van der Waals surface area contributed by atoms with Crippen LogP contribution < -0.4 is 0 Å². The Morgan fingerprint density at radius 3 is 2.45 bits per heavy atom. The molecule has 1 aliphatic rings. The molecule has 64 valence electrons. The van der Waals surface area contributed by atoms with Gasteiger partial charge in [-0.25, -0.2) is 0 Å². The molecule has 3 heteroatoms. The third-order valence-electron chi connectivity index (χ3n) is 2.65. The molecule has 2 unspecified atom stereocenters. The fourth-order valence-corrected chi connectivity index (χ4v) is 1.84. The zero-order chi connectivity index (χ0) is 8.43. The van der Waals surface area contributed by atoms with Crippen molar-refractivity contribution in [3.05, 3.63) is 0 Å². The van der Waals surface area contributed by atoms with E-state index in [4.69, 9.17) is 0 Å². The van der Waals surface area contributed by atoms with Crippen LogP contribution in [0.1, 0.15) is 26.7 Å². The summed E-state index contributed by atoms with van der Waals surface area (Å²) < 4.78 is 0. The minimum absolute atomic E-state index is 0.271. The van der Waals surface area contributed by atoms with Gasteiger partial charge in [-0.15, -0.1) is 0 Å². The fraction of sp³-hybridized carbons (Fsp3) is 1.00. The molecule has 1 aliphatic heterocycles. The molecule has 0 amide bonds. The van der Waals surface area contributed by atoms with Crippen molar-refractivity contribution in [2.75, 3.05) is 6.54 Å². The lowest BCUT2D eigenvalue weighted by Crippen LogP contribution is -2.48. The molecule has 0 saturated carbocycles. The predicted octanol–water partition coefficient (Wildman–Crippen LogP) is 1.22. The molecule has 0 aromatic heterocycles. The summed E-state index contributed by atoms with van der Waals surface area (Å²) in [5.74, 6) is 0.751. The normalized spacial score (nSPS) is 33.8. The molecule has 0 bridgehead atoms. The highest BCUT2D eigenvalue weighted by Gasteiger charge is 2.27. The molecule has 0 aromatic carbocycles. The van der Waals surface area contributed by atoms with Gasteiger partial charge in [0.15, 0.2) is 0 Å². The molecule has 1 heterocycles. The molecular formula is C8H18BNO. The highest BCUT2D eigenvalue weighted by atomic mass is 16.2. The fourth-order valence-electron chi connectivity index (χ4n) is 1.84. The first-order chi connectivity index (χ1) is 5.11. The van der Waals surface area contributed by atoms with Gasteiger partial charge in [-0.05, 0) is 38.2 Å². The molecule has 0 spiro atoms. The molecule has 1 N–H and O–H groups in total. The van der Waals surface area contributed by atoms with Crippen LogP contribution in [0, 0.1) is 5.92 Å². The molecule has 1 saturated heterocycles. The Morgan fingerprint density at radius 1 is 1.36 bits per heavy atom. The van der Waals surface area contributed by atoms with Crippen LogP contribution in [-0.2, 0) is 0 Å². The van der Waals surface area contributed by atoms with Crippen LogP contribution in [0.15, 0.2) is 0 Å². The summed E-state index contributed by atoms with van der Waals surface area (Å²) in [6.45, 7) is 7.35. The monoisotopic (exact) mass is 155 g/mol. The summed E-state index contributed by atoms with van der Waals surface area (Å²) in [5.41, 5.74) is 0. The maximum Gasteiger partial charge on any atom is 0.376 e. The van der Waals surface area contributed by atoms with E-state index < -0.39 is 0 Å². The van der Waals surface area contributed by atoms with E-state index in [9.17, 15) is 5.02 Å². The van der Waals surface area contributed by atoms with Gasteiger partial charge in [0.1, 0.15) is 0 Å². The Balaban J connectivity index is 2.47. The second kappa shape index (κ2) is 3.59. The average Bonchev–Trinajstić information content (AvgIpc) is 1.94. The minimum atomic E-state index is -0.271. The largest absolute Gasteiger partial charge is 0.437 e. The van der Waals surface area contributed by atoms with Crippen molar-refractivity contribution in [2.45, 2.75) is 39.6 Å². The summed E-state index contributed by atoms with van der Waals surface area (Å²) in [4.78, 5) is 2.17. The Kier molecular flexibility index (Phi) is 2.96. The lowest BCUT2D eigenvalue weighted by Gasteiger charge is -2.37. The number of hydrogen-bond donors (Lipinski definition) is 1. The van der Waals surface area contributed by atoms with E-state index in [-0.39, 0.29) is 7.05 Å². The molecule has 11 heavy (non-hydrogen) atoms. The van der Waals surface area contributed by atoms with Crippen LogP contribution >= 0.6 is 0 Å². The van der Waals surface area contributed by atoms with Gasteiger partial charge >= 0.3 is 7.05 Å². The first-order valence-corrected chi connectivity index (χ1v) is 4.55. The lowest BCUT2D eigenvalue weighted by atomic mass is 9.78. The quantitative estimate of drug-likeness (QED) is 0.575. The SMILES string of the molecule is CB(O)N1CC(C)CCC1C. The maximum atomic E-state index is 9.39. The summed E-state index contributed by atoms with van der Waals surface area (Å²) in [5, 5.41) is 9.39. The van der Waals surface area contributed by atoms with Gasteiger partial charge in [-0.1, -0.05) is 13.8 Å². The second-order valence-corrected chi connectivity index (χ2v) is 3.86. The number of piperidine rings is 1. The number of hydrogen-bond acceptors (Lipinski definition) is 2. The van der Waals surface area contributed by atoms with Crippen LogP contribution in [0.25, 0.3) is 0 Å². The molecule has 1 fully saturated rings. The molecule has 2 atom stereocenters. The van der Waals surface area contributed by atoms with Crippen molar-refractivity contribution in [1.82, 2.24) is 4.81 Å². The topological polar surface area (TPSA) is 23.5 Å². The van der Waals surface area contributed by atoms with Crippen LogP contribution in [0.5, 0.6) is 0 Å². The van der Waals surface area contributed by atoms with Crippen molar-refractivity contribution >= 4 is 7.05 Å². The minimum Gasteiger partial charge on any atom is -0.437 e. The smallest absolute Gasteiger partial charge is 0.376 e. The van der Waals surface area contributed by atoms with Crippen molar-refractivity contribution in [3.63, 3.8) is 0 Å². The van der Waals surface area contributed by atoms with Gasteiger partial charge in [-0.2, -0.15) is 0 Å². The highest BCUT2D eigenvalue weighted by Crippen LogP contribution is 2.21. The molecular weight excluding hydrogens is 137 g/mol. The number of nitrogens with zero attached hydrogens (tertiary/aromatic N) is 1. The van der Waals surface area contributed by atoms with Crippen molar-refractivity contribution in [1.29, 1.82) is 0 Å². The summed E-state index contributed by atoms with van der Waals surface area (Å²) in [6, 6.07) is 0.561. The number of rotatable bonds is 1. The van der Waals surface area contributed by atoms with Gasteiger partial charge in [-0.3, -0.25) is 0 Å². The van der Waals surface area contributed by atoms with E-state index in [0.717, 1.165) is 12.5 Å². The third-order valence-corrected chi connectivity index (χ3v) is 2.65. The van der Waals surface area contributed by atoms with Crippen molar-refractivity contribution < 1.29 is 5.02 Å². The molecule has 2 nitrogen and oxygen atoms in total. The maximum absolute atomic E-state index is 9.39. The van der Waals surface area contributed by atoms with Crippen LogP contribution in [0.3, 0.4) is 0 Å². The second-order valence-electron chi connectivity index (χ2n) is 3.86. The predicted molar refractivity (Wildman–Crippen MR) is 48.4 cm³/mol. The first kappa shape index (κ1) is 9.08. The molecule has 0 aliphatic carbocycles. The van der Waals surface area contributed by atoms with E-state index >= 15 is 0 Å². The summed E-state index contributed by atoms with van der Waals surface area (Å²) in [6.07, 6.45) is 2.54. The molecule has 0 radical (unpaired) electrons. The first-order valence-electron chi connectivity index (χ1n) is 4.55. The lowest BCUT2D eigenvalue weighted by molar-refractivity contribution is 0.194. The van der Waals surface area contributed by atoms with Crippen molar-refractivity contribution in [2.24, 2.45) is 5.92 Å². The van der Waals surface area contributed by atoms with Gasteiger partial charge in [0.05, 0.1) is 0 Å². The Labute approximate surface area is 69.7 Å². The molecule has 1 rings (SSSR count). The van der Waals surface area contributed by atoms with Crippen LogP contribution in [0.4, 0.5) is 0 Å². The van der Waals surface area contributed by atoms with Gasteiger partial charge in [0.2, 0.25) is 0 Å². The van der Waals surface area contributed by atoms with E-state index in [1.54, 1.807) is 0 Å². The summed E-state index contributed by atoms with van der Waals surface area (Å²) in [7, 11) is -0.271. The molecule has 0 aromatic rings. The summed E-state index contributed by atoms with van der Waals surface area (Å²) >= 11 is 0. The van der Waals surface area contributed by atoms with Gasteiger partial charge in [0.25, 0.3) is 0 Å². The van der Waals surface area contributed by atoms with Crippen LogP contribution in [-0.4, -0.2) is 29.5 Å². The van der Waals surface area contributed by atoms with E-state index in [1.807, 2.05) is 6.82 Å². The third kappa shape index (κ3) is 2.21. The van der Waals surface area contributed by atoms with Gasteiger partial charge in [0, 0.05) is 0 Å². The zero-order valence-corrected chi connectivity index (χ0v) is 7.75. The Morgan fingerprint density at radius 2 is 2.00 bits per heavy atom. The standard InChI is InChI=1S/C8H18BNO/c1-7-4-5-8(2)10(6-7)9(3)11/h7-8,11H,4-6H2,1-3H3. The van der Waals surface area contributed by atoms with Crippen LogP contribution in [0.2, 0.25) is 6.82 Å². The average molecular weight is 155 g/mol. The van der Waals surface area contributed by atoms with E-state index in [2.05, 4.69) is 18.7 Å². The van der Waals surface area contributed by atoms with Gasteiger partial charge < -0.3 is 9.83 Å². The Bertz CT molecular complexity index is 129. The van der Waals surface area contributed by atoms with Crippen molar-refractivity contribution in [3.8, 4) is 0 Å². The van der Waals surface area contributed by atoms with E-state index in [1.165, 1.54) is 12.8 Å². The highest BCUT2D eigenvalue weighted by molar-refractivity contribution is 6.45. The Hall–Kier alpha value is -0.0151. The van der Waals surface area contributed by atoms with E-state index in [0.29, 0.717) is 6.04 Å².